The number of nitrogens with zero attached hydrogens (tertiary/aromatic N) is 3. The van der Waals surface area contributed by atoms with E-state index in [9.17, 15) is 4.39 Å². The average molecular weight is 205 g/mol. The normalized spacial score (nSPS) is 10.0. The monoisotopic (exact) mass is 205 g/mol. The number of halogens is 1. The molecule has 0 amide bonds. The van der Waals surface area contributed by atoms with Crippen LogP contribution >= 0.6 is 0 Å². The van der Waals surface area contributed by atoms with Crippen molar-refractivity contribution < 1.29 is 4.39 Å². The Labute approximate surface area is 85.1 Å². The molecule has 6 heteroatoms. The Morgan fingerprint density at radius 2 is 2.07 bits per heavy atom. The Balaban J connectivity index is 2.37. The van der Waals surface area contributed by atoms with Gasteiger partial charge in [-0.2, -0.15) is 0 Å². The van der Waals surface area contributed by atoms with Gasteiger partial charge in [-0.15, -0.1) is 10.2 Å². The third-order valence-electron chi connectivity index (χ3n) is 1.81. The van der Waals surface area contributed by atoms with Gasteiger partial charge in [0, 0.05) is 11.8 Å². The molecule has 0 saturated heterocycles. The van der Waals surface area contributed by atoms with Crippen molar-refractivity contribution in [3.05, 3.63) is 36.4 Å². The Morgan fingerprint density at radius 3 is 2.67 bits per heavy atom. The van der Waals surface area contributed by atoms with Crippen LogP contribution in [0.1, 0.15) is 0 Å². The van der Waals surface area contributed by atoms with Crippen molar-refractivity contribution in [3.8, 4) is 11.3 Å². The molecule has 0 atom stereocenters. The molecule has 0 unspecified atom stereocenters. The second-order valence-corrected chi connectivity index (χ2v) is 2.84. The summed E-state index contributed by atoms with van der Waals surface area (Å²) in [5.41, 5.74) is 3.47. The van der Waals surface area contributed by atoms with Gasteiger partial charge in [-0.3, -0.25) is 4.98 Å². The number of nitrogens with one attached hydrogen (secondary N) is 1. The fourth-order valence-corrected chi connectivity index (χ4v) is 1.12. The maximum absolute atomic E-state index is 12.9. The maximum atomic E-state index is 12.9. The van der Waals surface area contributed by atoms with Crippen LogP contribution < -0.4 is 11.3 Å². The van der Waals surface area contributed by atoms with Crippen molar-refractivity contribution in [3.63, 3.8) is 0 Å². The maximum Gasteiger partial charge on any atom is 0.162 e. The van der Waals surface area contributed by atoms with Crippen molar-refractivity contribution in [1.82, 2.24) is 15.2 Å². The first-order chi connectivity index (χ1) is 7.29. The summed E-state index contributed by atoms with van der Waals surface area (Å²) in [6, 6.07) is 4.67. The van der Waals surface area contributed by atoms with Crippen molar-refractivity contribution in [2.24, 2.45) is 5.84 Å². The van der Waals surface area contributed by atoms with Gasteiger partial charge in [-0.1, -0.05) is 0 Å². The summed E-state index contributed by atoms with van der Waals surface area (Å²) in [5.74, 6) is 5.18. The lowest BCUT2D eigenvalue weighted by Crippen LogP contribution is -2.09. The first-order valence-corrected chi connectivity index (χ1v) is 4.21. The van der Waals surface area contributed by atoms with Crippen LogP contribution in [-0.4, -0.2) is 15.2 Å². The van der Waals surface area contributed by atoms with Crippen LogP contribution in [0.2, 0.25) is 0 Å². The molecular weight excluding hydrogens is 197 g/mol. The Bertz CT molecular complexity index is 456. The highest BCUT2D eigenvalue weighted by atomic mass is 19.1. The van der Waals surface area contributed by atoms with Crippen LogP contribution in [0.5, 0.6) is 0 Å². The van der Waals surface area contributed by atoms with E-state index >= 15 is 0 Å². The molecule has 0 spiro atoms. The number of aromatic nitrogens is 3. The van der Waals surface area contributed by atoms with Crippen LogP contribution in [0.4, 0.5) is 10.2 Å². The number of hydrogen-bond acceptors (Lipinski definition) is 5. The van der Waals surface area contributed by atoms with E-state index in [2.05, 4.69) is 20.6 Å². The topological polar surface area (TPSA) is 76.7 Å². The second-order valence-electron chi connectivity index (χ2n) is 2.84. The summed E-state index contributed by atoms with van der Waals surface area (Å²) in [7, 11) is 0. The highest BCUT2D eigenvalue weighted by molar-refractivity contribution is 5.58. The van der Waals surface area contributed by atoms with E-state index in [0.717, 1.165) is 6.20 Å². The molecule has 2 aromatic heterocycles. The van der Waals surface area contributed by atoms with E-state index in [4.69, 9.17) is 5.84 Å². The minimum absolute atomic E-state index is 0.407. The molecule has 2 aromatic rings. The van der Waals surface area contributed by atoms with E-state index in [1.165, 1.54) is 12.3 Å². The van der Waals surface area contributed by atoms with Gasteiger partial charge >= 0.3 is 0 Å². The van der Waals surface area contributed by atoms with Gasteiger partial charge in [0.2, 0.25) is 0 Å². The number of anilines is 1. The molecule has 76 valence electrons. The molecule has 5 nitrogen and oxygen atoms in total. The fourth-order valence-electron chi connectivity index (χ4n) is 1.12. The van der Waals surface area contributed by atoms with Crippen LogP contribution in [0.25, 0.3) is 11.3 Å². The number of hydrogen-bond donors (Lipinski definition) is 2. The number of nitrogens with two attached hydrogens (primary N) is 1. The zero-order valence-corrected chi connectivity index (χ0v) is 7.68. The molecule has 0 aromatic carbocycles. The fraction of sp³-hybridized carbons (Fsp3) is 0. The van der Waals surface area contributed by atoms with Gasteiger partial charge in [0.1, 0.15) is 5.82 Å². The summed E-state index contributed by atoms with van der Waals surface area (Å²) in [6.07, 6.45) is 2.65. The Morgan fingerprint density at radius 1 is 1.20 bits per heavy atom. The lowest BCUT2D eigenvalue weighted by atomic mass is 10.2. The average Bonchev–Trinajstić information content (AvgIpc) is 2.29. The predicted molar refractivity (Wildman–Crippen MR) is 53.0 cm³/mol. The third-order valence-corrected chi connectivity index (χ3v) is 1.81. The minimum atomic E-state index is -0.407. The summed E-state index contributed by atoms with van der Waals surface area (Å²) < 4.78 is 12.9. The van der Waals surface area contributed by atoms with Crippen LogP contribution in [0, 0.1) is 5.82 Å². The van der Waals surface area contributed by atoms with E-state index in [0.29, 0.717) is 17.1 Å². The summed E-state index contributed by atoms with van der Waals surface area (Å²) >= 11 is 0. The second kappa shape index (κ2) is 3.97. The molecule has 2 heterocycles. The van der Waals surface area contributed by atoms with Crippen LogP contribution in [0.15, 0.2) is 30.6 Å². The largest absolute Gasteiger partial charge is 0.307 e. The van der Waals surface area contributed by atoms with Crippen molar-refractivity contribution in [1.29, 1.82) is 0 Å². The highest BCUT2D eigenvalue weighted by Gasteiger charge is 2.02. The first kappa shape index (κ1) is 9.47. The zero-order valence-electron chi connectivity index (χ0n) is 7.68. The van der Waals surface area contributed by atoms with Gasteiger partial charge in [0.15, 0.2) is 5.82 Å². The minimum Gasteiger partial charge on any atom is -0.307 e. The molecule has 0 aliphatic carbocycles. The molecule has 0 saturated carbocycles. The standard InChI is InChI=1S/C9H8FN5/c10-7-3-6(4-12-5-7)8-1-2-9(13-11)15-14-8/h1-5H,11H2,(H,13,15). The summed E-state index contributed by atoms with van der Waals surface area (Å²) in [5, 5.41) is 7.63. The molecule has 0 aliphatic rings. The van der Waals surface area contributed by atoms with E-state index in [1.54, 1.807) is 12.1 Å². The summed E-state index contributed by atoms with van der Waals surface area (Å²) in [6.45, 7) is 0. The molecule has 0 radical (unpaired) electrons. The third kappa shape index (κ3) is 2.05. The number of pyridine rings is 1. The Kier molecular flexibility index (Phi) is 2.51. The van der Waals surface area contributed by atoms with Gasteiger partial charge in [0.05, 0.1) is 11.9 Å². The number of hydrazine groups is 1. The smallest absolute Gasteiger partial charge is 0.162 e. The van der Waals surface area contributed by atoms with Gasteiger partial charge in [-0.25, -0.2) is 10.2 Å². The lowest BCUT2D eigenvalue weighted by molar-refractivity contribution is 0.622. The van der Waals surface area contributed by atoms with Gasteiger partial charge in [0.25, 0.3) is 0 Å². The predicted octanol–water partition coefficient (Wildman–Crippen LogP) is 0.963. The van der Waals surface area contributed by atoms with E-state index in [-0.39, 0.29) is 0 Å². The number of nitrogen functional groups attached to an aromatic ring is 1. The molecule has 3 N–H and O–H groups in total. The van der Waals surface area contributed by atoms with Gasteiger partial charge < -0.3 is 5.43 Å². The lowest BCUT2D eigenvalue weighted by Gasteiger charge is -2.00. The molecule has 0 fully saturated rings. The molecule has 15 heavy (non-hydrogen) atoms. The first-order valence-electron chi connectivity index (χ1n) is 4.21. The van der Waals surface area contributed by atoms with Crippen molar-refractivity contribution in [2.45, 2.75) is 0 Å². The van der Waals surface area contributed by atoms with E-state index < -0.39 is 5.82 Å². The Hall–Kier alpha value is -2.08. The van der Waals surface area contributed by atoms with Crippen molar-refractivity contribution >= 4 is 5.82 Å². The zero-order chi connectivity index (χ0) is 10.7. The van der Waals surface area contributed by atoms with Crippen molar-refractivity contribution in [2.75, 3.05) is 5.43 Å². The molecule has 2 rings (SSSR count). The quantitative estimate of drug-likeness (QED) is 0.564. The molecule has 0 aliphatic heterocycles. The van der Waals surface area contributed by atoms with Gasteiger partial charge in [-0.05, 0) is 18.2 Å². The number of rotatable bonds is 2. The van der Waals surface area contributed by atoms with Crippen LogP contribution in [0.3, 0.4) is 0 Å². The molecular formula is C9H8FN5. The van der Waals surface area contributed by atoms with Crippen LogP contribution in [-0.2, 0) is 0 Å². The van der Waals surface area contributed by atoms with E-state index in [1.807, 2.05) is 0 Å². The molecule has 0 bridgehead atoms. The highest BCUT2D eigenvalue weighted by Crippen LogP contribution is 2.16. The SMILES string of the molecule is NNc1ccc(-c2cncc(F)c2)nn1. The summed E-state index contributed by atoms with van der Waals surface area (Å²) in [4.78, 5) is 3.72.